The van der Waals surface area contributed by atoms with Gasteiger partial charge in [0.15, 0.2) is 0 Å². The van der Waals surface area contributed by atoms with Crippen molar-refractivity contribution in [3.05, 3.63) is 30.3 Å². The summed E-state index contributed by atoms with van der Waals surface area (Å²) in [6.45, 7) is 5.15. The van der Waals surface area contributed by atoms with Crippen LogP contribution >= 0.6 is 0 Å². The molecule has 1 saturated heterocycles. The van der Waals surface area contributed by atoms with Gasteiger partial charge in [-0.3, -0.25) is 0 Å². The molecule has 0 spiro atoms. The highest BCUT2D eigenvalue weighted by Crippen LogP contribution is 2.25. The Labute approximate surface area is 89.3 Å². The highest BCUT2D eigenvalue weighted by molar-refractivity contribution is 5.58. The predicted molar refractivity (Wildman–Crippen MR) is 58.3 cm³/mol. The topological polar surface area (TPSA) is 31.0 Å². The van der Waals surface area contributed by atoms with Crippen molar-refractivity contribution in [1.82, 2.24) is 0 Å². The number of methoxy groups -OCH3 is 1. The molecule has 15 heavy (non-hydrogen) atoms. The van der Waals surface area contributed by atoms with Crippen molar-refractivity contribution in [3.8, 4) is 11.5 Å². The van der Waals surface area contributed by atoms with Crippen LogP contribution in [0, 0.1) is 0 Å². The third-order valence-corrected chi connectivity index (χ3v) is 2.26. The highest BCUT2D eigenvalue weighted by atomic mass is 16.6. The Morgan fingerprint density at radius 2 is 2.40 bits per heavy atom. The maximum Gasteiger partial charge on any atom is 0.126 e. The lowest BCUT2D eigenvalue weighted by atomic mass is 10.2. The highest BCUT2D eigenvalue weighted by Gasteiger charge is 2.23. The largest absolute Gasteiger partial charge is 0.497 e. The summed E-state index contributed by atoms with van der Waals surface area (Å²) in [4.78, 5) is 0. The normalized spacial score (nSPS) is 18.3. The maximum absolute atomic E-state index is 5.60. The Morgan fingerprint density at radius 3 is 3.00 bits per heavy atom. The summed E-state index contributed by atoms with van der Waals surface area (Å²) in [7, 11) is 1.64. The van der Waals surface area contributed by atoms with Crippen molar-refractivity contribution in [1.29, 1.82) is 0 Å². The molecule has 0 saturated carbocycles. The molecule has 0 radical (unpaired) electrons. The number of benzene rings is 1. The Balaban J connectivity index is 2.09. The van der Waals surface area contributed by atoms with E-state index in [0.717, 1.165) is 23.7 Å². The zero-order valence-electron chi connectivity index (χ0n) is 8.73. The zero-order valence-corrected chi connectivity index (χ0v) is 8.73. The van der Waals surface area contributed by atoms with Gasteiger partial charge in [-0.25, -0.2) is 0 Å². The molecule has 1 aromatic rings. The lowest BCUT2D eigenvalue weighted by Gasteiger charge is -2.09. The molecule has 0 amide bonds. The Bertz CT molecular complexity index is 356. The van der Waals surface area contributed by atoms with E-state index in [1.807, 2.05) is 18.2 Å². The van der Waals surface area contributed by atoms with Gasteiger partial charge in [-0.1, -0.05) is 12.7 Å². The fourth-order valence-electron chi connectivity index (χ4n) is 1.29. The van der Waals surface area contributed by atoms with Crippen LogP contribution in [0.1, 0.15) is 5.56 Å². The smallest absolute Gasteiger partial charge is 0.126 e. The standard InChI is InChI=1S/C12H14O3/c1-3-9-6-10(13-2)4-5-12(9)15-8-11-7-14-11/h3-6,11H,1,7-8H2,2H3. The average Bonchev–Trinajstić information content (AvgIpc) is 3.10. The van der Waals surface area contributed by atoms with Crippen LogP contribution in [0.5, 0.6) is 11.5 Å². The number of ether oxygens (including phenoxy) is 3. The van der Waals surface area contributed by atoms with Gasteiger partial charge in [0.2, 0.25) is 0 Å². The van der Waals surface area contributed by atoms with E-state index in [9.17, 15) is 0 Å². The van der Waals surface area contributed by atoms with Gasteiger partial charge in [0.25, 0.3) is 0 Å². The first-order valence-corrected chi connectivity index (χ1v) is 4.88. The molecule has 0 N–H and O–H groups in total. The molecule has 1 unspecified atom stereocenters. The molecule has 0 aromatic heterocycles. The van der Waals surface area contributed by atoms with E-state index in [4.69, 9.17) is 14.2 Å². The molecule has 1 fully saturated rings. The molecule has 1 aromatic carbocycles. The van der Waals surface area contributed by atoms with Gasteiger partial charge in [-0.05, 0) is 18.2 Å². The first-order valence-electron chi connectivity index (χ1n) is 4.88. The Morgan fingerprint density at radius 1 is 1.60 bits per heavy atom. The first-order chi connectivity index (χ1) is 7.33. The average molecular weight is 206 g/mol. The van der Waals surface area contributed by atoms with E-state index in [-0.39, 0.29) is 6.10 Å². The third-order valence-electron chi connectivity index (χ3n) is 2.26. The minimum absolute atomic E-state index is 0.268. The number of rotatable bonds is 5. The fourth-order valence-corrected chi connectivity index (χ4v) is 1.29. The Kier molecular flexibility index (Phi) is 2.92. The van der Waals surface area contributed by atoms with Gasteiger partial charge >= 0.3 is 0 Å². The summed E-state index contributed by atoms with van der Waals surface area (Å²) in [5.74, 6) is 1.63. The van der Waals surface area contributed by atoms with E-state index in [2.05, 4.69) is 6.58 Å². The van der Waals surface area contributed by atoms with Crippen molar-refractivity contribution < 1.29 is 14.2 Å². The molecule has 2 rings (SSSR count). The van der Waals surface area contributed by atoms with E-state index < -0.39 is 0 Å². The molecule has 3 heteroatoms. The fraction of sp³-hybridized carbons (Fsp3) is 0.333. The Hall–Kier alpha value is -1.48. The number of hydrogen-bond donors (Lipinski definition) is 0. The van der Waals surface area contributed by atoms with Crippen LogP contribution < -0.4 is 9.47 Å². The van der Waals surface area contributed by atoms with Gasteiger partial charge in [-0.15, -0.1) is 0 Å². The van der Waals surface area contributed by atoms with Crippen LogP contribution in [0.3, 0.4) is 0 Å². The van der Waals surface area contributed by atoms with E-state index in [1.54, 1.807) is 13.2 Å². The van der Waals surface area contributed by atoms with Crippen LogP contribution in [0.25, 0.3) is 6.08 Å². The number of hydrogen-bond acceptors (Lipinski definition) is 3. The molecule has 0 bridgehead atoms. The maximum atomic E-state index is 5.60. The van der Waals surface area contributed by atoms with Gasteiger partial charge in [0.05, 0.1) is 13.7 Å². The molecule has 1 aliphatic heterocycles. The lowest BCUT2D eigenvalue weighted by molar-refractivity contribution is 0.262. The molecule has 1 aliphatic rings. The summed E-state index contributed by atoms with van der Waals surface area (Å²) in [5.41, 5.74) is 0.940. The van der Waals surface area contributed by atoms with Crippen LogP contribution in [-0.2, 0) is 4.74 Å². The monoisotopic (exact) mass is 206 g/mol. The predicted octanol–water partition coefficient (Wildman–Crippen LogP) is 2.12. The quantitative estimate of drug-likeness (QED) is 0.691. The summed E-state index contributed by atoms with van der Waals surface area (Å²) >= 11 is 0. The van der Waals surface area contributed by atoms with Gasteiger partial charge < -0.3 is 14.2 Å². The van der Waals surface area contributed by atoms with Crippen molar-refractivity contribution >= 4 is 6.08 Å². The van der Waals surface area contributed by atoms with Crippen LogP contribution in [0.2, 0.25) is 0 Å². The lowest BCUT2D eigenvalue weighted by Crippen LogP contribution is -2.05. The molecule has 1 heterocycles. The summed E-state index contributed by atoms with van der Waals surface area (Å²) < 4.78 is 15.8. The first kappa shape index (κ1) is 10.1. The second-order valence-corrected chi connectivity index (χ2v) is 3.37. The zero-order chi connectivity index (χ0) is 10.7. The summed E-state index contributed by atoms with van der Waals surface area (Å²) in [5, 5.41) is 0. The van der Waals surface area contributed by atoms with Gasteiger partial charge in [-0.2, -0.15) is 0 Å². The second-order valence-electron chi connectivity index (χ2n) is 3.37. The second kappa shape index (κ2) is 4.36. The SMILES string of the molecule is C=Cc1cc(OC)ccc1OCC1CO1. The summed E-state index contributed by atoms with van der Waals surface area (Å²) in [6.07, 6.45) is 2.02. The van der Waals surface area contributed by atoms with Crippen molar-refractivity contribution in [2.75, 3.05) is 20.3 Å². The van der Waals surface area contributed by atoms with E-state index in [0.29, 0.717) is 6.61 Å². The molecule has 80 valence electrons. The van der Waals surface area contributed by atoms with Gasteiger partial charge in [0, 0.05) is 5.56 Å². The molecule has 0 aliphatic carbocycles. The van der Waals surface area contributed by atoms with Crippen LogP contribution in [0.4, 0.5) is 0 Å². The van der Waals surface area contributed by atoms with Crippen molar-refractivity contribution in [2.24, 2.45) is 0 Å². The van der Waals surface area contributed by atoms with Crippen LogP contribution in [-0.4, -0.2) is 26.4 Å². The molecular weight excluding hydrogens is 192 g/mol. The minimum Gasteiger partial charge on any atom is -0.497 e. The molecule has 1 atom stereocenters. The molecular formula is C12H14O3. The van der Waals surface area contributed by atoms with E-state index >= 15 is 0 Å². The number of epoxide rings is 1. The van der Waals surface area contributed by atoms with E-state index in [1.165, 1.54) is 0 Å². The summed E-state index contributed by atoms with van der Waals surface area (Å²) in [6, 6.07) is 5.66. The minimum atomic E-state index is 0.268. The van der Waals surface area contributed by atoms with Gasteiger partial charge in [0.1, 0.15) is 24.2 Å². The van der Waals surface area contributed by atoms with Crippen molar-refractivity contribution in [2.45, 2.75) is 6.10 Å². The van der Waals surface area contributed by atoms with Crippen LogP contribution in [0.15, 0.2) is 24.8 Å². The van der Waals surface area contributed by atoms with Crippen molar-refractivity contribution in [3.63, 3.8) is 0 Å². The molecule has 3 nitrogen and oxygen atoms in total. The third kappa shape index (κ3) is 2.50.